The van der Waals surface area contributed by atoms with Crippen LogP contribution in [0.25, 0.3) is 5.69 Å². The van der Waals surface area contributed by atoms with Gasteiger partial charge in [0, 0.05) is 28.5 Å². The lowest BCUT2D eigenvalue weighted by molar-refractivity contribution is 0.919. The van der Waals surface area contributed by atoms with Crippen LogP contribution < -0.4 is 5.43 Å². The van der Waals surface area contributed by atoms with E-state index in [1.165, 1.54) is 12.1 Å². The summed E-state index contributed by atoms with van der Waals surface area (Å²) < 4.78 is 1.85. The first-order valence-corrected chi connectivity index (χ1v) is 5.81. The maximum atomic E-state index is 11.4. The van der Waals surface area contributed by atoms with Gasteiger partial charge in [0.2, 0.25) is 0 Å². The minimum absolute atomic E-state index is 0.0400. The van der Waals surface area contributed by atoms with Crippen molar-refractivity contribution in [3.05, 3.63) is 62.5 Å². The molecule has 1 heterocycles. The van der Waals surface area contributed by atoms with Gasteiger partial charge in [-0.2, -0.15) is 5.26 Å². The molecule has 0 amide bonds. The Labute approximate surface area is 110 Å². The third kappa shape index (κ3) is 2.15. The van der Waals surface area contributed by atoms with Crippen LogP contribution in [0.2, 0.25) is 5.02 Å². The summed E-state index contributed by atoms with van der Waals surface area (Å²) in [5.74, 6) is 0. The number of pyridine rings is 1. The molecule has 0 atom stereocenters. The lowest BCUT2D eigenvalue weighted by Crippen LogP contribution is -2.12. The lowest BCUT2D eigenvalue weighted by atomic mass is 10.1. The molecule has 0 spiro atoms. The van der Waals surface area contributed by atoms with E-state index in [-0.39, 0.29) is 5.43 Å². The number of benzene rings is 1. The number of nitriles is 1. The summed E-state index contributed by atoms with van der Waals surface area (Å²) in [4.78, 5) is 11.4. The summed E-state index contributed by atoms with van der Waals surface area (Å²) in [6.07, 6.45) is 0. The molecule has 0 fully saturated rings. The molecule has 2 aromatic rings. The second kappa shape index (κ2) is 4.67. The fraction of sp³-hybridized carbons (Fsp3) is 0.143. The molecule has 1 aromatic carbocycles. The van der Waals surface area contributed by atoms with Crippen LogP contribution in [0.15, 0.2) is 35.1 Å². The number of nitrogens with zero attached hydrogens (tertiary/aromatic N) is 2. The van der Waals surface area contributed by atoms with Crippen LogP contribution >= 0.6 is 11.6 Å². The number of aryl methyl sites for hydroxylation is 2. The van der Waals surface area contributed by atoms with Crippen molar-refractivity contribution in [2.75, 3.05) is 0 Å². The van der Waals surface area contributed by atoms with E-state index in [2.05, 4.69) is 6.07 Å². The van der Waals surface area contributed by atoms with Crippen molar-refractivity contribution in [2.24, 2.45) is 0 Å². The molecule has 0 N–H and O–H groups in total. The third-order valence-corrected chi connectivity index (χ3v) is 2.96. The van der Waals surface area contributed by atoms with Gasteiger partial charge >= 0.3 is 0 Å². The van der Waals surface area contributed by atoms with Crippen molar-refractivity contribution in [1.29, 1.82) is 5.26 Å². The van der Waals surface area contributed by atoms with E-state index in [1.54, 1.807) is 18.2 Å². The standard InChI is InChI=1S/C14H11ClN2O/c1-9-5-13(18)6-10(2)17(9)14-7-12(15)4-3-11(14)8-16/h3-7H,1-2H3. The first-order chi connectivity index (χ1) is 8.52. The minimum atomic E-state index is -0.0400. The second-order valence-electron chi connectivity index (χ2n) is 4.08. The predicted molar refractivity (Wildman–Crippen MR) is 71.2 cm³/mol. The van der Waals surface area contributed by atoms with Gasteiger partial charge in [-0.25, -0.2) is 0 Å². The van der Waals surface area contributed by atoms with Crippen molar-refractivity contribution in [3.63, 3.8) is 0 Å². The number of hydrogen-bond acceptors (Lipinski definition) is 2. The van der Waals surface area contributed by atoms with E-state index in [9.17, 15) is 4.79 Å². The Morgan fingerprint density at radius 1 is 1.17 bits per heavy atom. The Morgan fingerprint density at radius 3 is 2.33 bits per heavy atom. The molecule has 0 aliphatic rings. The highest BCUT2D eigenvalue weighted by Gasteiger charge is 2.09. The Hall–Kier alpha value is -2.05. The first-order valence-electron chi connectivity index (χ1n) is 5.43. The van der Waals surface area contributed by atoms with Crippen LogP contribution in [-0.4, -0.2) is 4.57 Å². The minimum Gasteiger partial charge on any atom is -0.317 e. The molecule has 1 aromatic heterocycles. The molecule has 2 rings (SSSR count). The first kappa shape index (κ1) is 12.4. The van der Waals surface area contributed by atoms with Gasteiger partial charge in [0.1, 0.15) is 6.07 Å². The van der Waals surface area contributed by atoms with E-state index >= 15 is 0 Å². The molecule has 0 aliphatic heterocycles. The summed E-state index contributed by atoms with van der Waals surface area (Å²) in [5, 5.41) is 9.70. The SMILES string of the molecule is Cc1cc(=O)cc(C)n1-c1cc(Cl)ccc1C#N. The summed E-state index contributed by atoms with van der Waals surface area (Å²) >= 11 is 5.98. The number of hydrogen-bond donors (Lipinski definition) is 0. The van der Waals surface area contributed by atoms with Gasteiger partial charge in [-0.15, -0.1) is 0 Å². The van der Waals surface area contributed by atoms with E-state index in [4.69, 9.17) is 16.9 Å². The zero-order valence-corrected chi connectivity index (χ0v) is 10.8. The highest BCUT2D eigenvalue weighted by atomic mass is 35.5. The summed E-state index contributed by atoms with van der Waals surface area (Å²) in [6.45, 7) is 3.66. The van der Waals surface area contributed by atoms with E-state index < -0.39 is 0 Å². The fourth-order valence-corrected chi connectivity index (χ4v) is 2.19. The third-order valence-electron chi connectivity index (χ3n) is 2.73. The highest BCUT2D eigenvalue weighted by Crippen LogP contribution is 2.21. The Balaban J connectivity index is 2.81. The largest absolute Gasteiger partial charge is 0.317 e. The van der Waals surface area contributed by atoms with Crippen LogP contribution in [0.4, 0.5) is 0 Å². The molecule has 0 unspecified atom stereocenters. The van der Waals surface area contributed by atoms with Gasteiger partial charge < -0.3 is 4.57 Å². The number of halogens is 1. The molecule has 0 saturated heterocycles. The van der Waals surface area contributed by atoms with Gasteiger partial charge in [0.25, 0.3) is 0 Å². The molecule has 0 saturated carbocycles. The molecule has 0 bridgehead atoms. The smallest absolute Gasteiger partial charge is 0.182 e. The Morgan fingerprint density at radius 2 is 1.78 bits per heavy atom. The molecule has 18 heavy (non-hydrogen) atoms. The predicted octanol–water partition coefficient (Wildman–Crippen LogP) is 2.98. The van der Waals surface area contributed by atoms with Gasteiger partial charge in [0.15, 0.2) is 5.43 Å². The average molecular weight is 259 g/mol. The van der Waals surface area contributed by atoms with Crippen LogP contribution in [0.5, 0.6) is 0 Å². The maximum Gasteiger partial charge on any atom is 0.182 e. The zero-order chi connectivity index (χ0) is 13.3. The van der Waals surface area contributed by atoms with Crippen LogP contribution in [0, 0.1) is 25.2 Å². The summed E-state index contributed by atoms with van der Waals surface area (Å²) in [7, 11) is 0. The van der Waals surface area contributed by atoms with Crippen molar-refractivity contribution >= 4 is 11.6 Å². The van der Waals surface area contributed by atoms with Crippen molar-refractivity contribution in [1.82, 2.24) is 4.57 Å². The molecule has 4 heteroatoms. The Kier molecular flexibility index (Phi) is 3.22. The fourth-order valence-electron chi connectivity index (χ4n) is 2.03. The molecular formula is C14H11ClN2O. The van der Waals surface area contributed by atoms with Crippen molar-refractivity contribution < 1.29 is 0 Å². The summed E-state index contributed by atoms with van der Waals surface area (Å²) in [5.41, 5.74) is 2.73. The van der Waals surface area contributed by atoms with Gasteiger partial charge in [-0.3, -0.25) is 4.79 Å². The molecular weight excluding hydrogens is 248 g/mol. The monoisotopic (exact) mass is 258 g/mol. The molecule has 90 valence electrons. The van der Waals surface area contributed by atoms with E-state index in [1.807, 2.05) is 18.4 Å². The van der Waals surface area contributed by atoms with Gasteiger partial charge in [-0.1, -0.05) is 11.6 Å². The maximum absolute atomic E-state index is 11.4. The highest BCUT2D eigenvalue weighted by molar-refractivity contribution is 6.30. The quantitative estimate of drug-likeness (QED) is 0.789. The molecule has 0 radical (unpaired) electrons. The average Bonchev–Trinajstić information content (AvgIpc) is 2.28. The van der Waals surface area contributed by atoms with Crippen molar-refractivity contribution in [3.8, 4) is 11.8 Å². The van der Waals surface area contributed by atoms with E-state index in [0.717, 1.165) is 11.4 Å². The van der Waals surface area contributed by atoms with Crippen LogP contribution in [-0.2, 0) is 0 Å². The van der Waals surface area contributed by atoms with Crippen molar-refractivity contribution in [2.45, 2.75) is 13.8 Å². The zero-order valence-electron chi connectivity index (χ0n) is 10.1. The van der Waals surface area contributed by atoms with Crippen LogP contribution in [0.3, 0.4) is 0 Å². The second-order valence-corrected chi connectivity index (χ2v) is 4.52. The molecule has 0 aliphatic carbocycles. The number of rotatable bonds is 1. The molecule has 3 nitrogen and oxygen atoms in total. The number of aromatic nitrogens is 1. The van der Waals surface area contributed by atoms with Crippen LogP contribution in [0.1, 0.15) is 17.0 Å². The van der Waals surface area contributed by atoms with Gasteiger partial charge in [-0.05, 0) is 32.0 Å². The van der Waals surface area contributed by atoms with Gasteiger partial charge in [0.05, 0.1) is 11.3 Å². The Bertz CT molecular complexity index is 684. The normalized spacial score (nSPS) is 10.1. The summed E-state index contributed by atoms with van der Waals surface area (Å²) in [6, 6.07) is 10.3. The lowest BCUT2D eigenvalue weighted by Gasteiger charge is -2.15. The topological polar surface area (TPSA) is 45.8 Å². The van der Waals surface area contributed by atoms with E-state index in [0.29, 0.717) is 16.3 Å².